The molecule has 0 aliphatic heterocycles. The molecule has 158 valence electrons. The molecule has 5 nitrogen and oxygen atoms in total. The number of Topliss-reactive ketones (excluding diaryl/α,β-unsaturated/α-hetero) is 1. The highest BCUT2D eigenvalue weighted by molar-refractivity contribution is 6.74. The highest BCUT2D eigenvalue weighted by Gasteiger charge is 2.40. The van der Waals surface area contributed by atoms with Gasteiger partial charge >= 0.3 is 6.09 Å². The van der Waals surface area contributed by atoms with Crippen LogP contribution in [0.1, 0.15) is 58.3 Å². The fraction of sp³-hybridized carbons (Fsp3) is 0.619. The lowest BCUT2D eigenvalue weighted by Crippen LogP contribution is -2.47. The van der Waals surface area contributed by atoms with E-state index >= 15 is 0 Å². The summed E-state index contributed by atoms with van der Waals surface area (Å²) in [5.41, 5.74) is 0.0485. The summed E-state index contributed by atoms with van der Waals surface area (Å²) in [6.07, 6.45) is -0.962. The lowest BCUT2D eigenvalue weighted by atomic mass is 10.1. The zero-order valence-corrected chi connectivity index (χ0v) is 20.1. The van der Waals surface area contributed by atoms with E-state index in [4.69, 9.17) is 20.8 Å². The van der Waals surface area contributed by atoms with Gasteiger partial charge in [0.15, 0.2) is 14.1 Å². The third-order valence-electron chi connectivity index (χ3n) is 4.73. The van der Waals surface area contributed by atoms with Gasteiger partial charge in [0.2, 0.25) is 0 Å². The van der Waals surface area contributed by atoms with Gasteiger partial charge in [-0.1, -0.05) is 44.5 Å². The second kappa shape index (κ2) is 9.42. The number of hydrogen-bond acceptors (Lipinski definition) is 4. The van der Waals surface area contributed by atoms with Crippen molar-refractivity contribution in [1.82, 2.24) is 5.32 Å². The smallest absolute Gasteiger partial charge is 0.407 e. The number of amides is 1. The van der Waals surface area contributed by atoms with Gasteiger partial charge in [-0.05, 0) is 51.0 Å². The van der Waals surface area contributed by atoms with E-state index in [0.717, 1.165) is 0 Å². The summed E-state index contributed by atoms with van der Waals surface area (Å²) in [6, 6.07) is 6.94. The Balaban J connectivity index is 2.93. The van der Waals surface area contributed by atoms with E-state index in [0.29, 0.717) is 10.6 Å². The zero-order chi connectivity index (χ0) is 21.8. The topological polar surface area (TPSA) is 64.6 Å². The number of alkyl carbamates (subject to hydrolysis) is 1. The maximum absolute atomic E-state index is 12.8. The average molecular weight is 428 g/mol. The van der Waals surface area contributed by atoms with Gasteiger partial charge in [0.1, 0.15) is 6.61 Å². The van der Waals surface area contributed by atoms with E-state index in [9.17, 15) is 9.59 Å². The summed E-state index contributed by atoms with van der Waals surface area (Å²) in [4.78, 5) is 24.8. The molecule has 0 saturated carbocycles. The van der Waals surface area contributed by atoms with Crippen LogP contribution in [-0.4, -0.2) is 38.4 Å². The summed E-state index contributed by atoms with van der Waals surface area (Å²) in [5.74, 6) is -0.130. The first-order valence-corrected chi connectivity index (χ1v) is 12.8. The first-order valence-electron chi connectivity index (χ1n) is 9.53. The molecule has 0 unspecified atom stereocenters. The lowest BCUT2D eigenvalue weighted by molar-refractivity contribution is 0.0593. The molecule has 1 N–H and O–H groups in total. The van der Waals surface area contributed by atoms with Gasteiger partial charge in [0, 0.05) is 17.5 Å². The third-order valence-corrected chi connectivity index (χ3v) is 9.60. The third kappa shape index (κ3) is 7.93. The van der Waals surface area contributed by atoms with E-state index in [2.05, 4.69) is 39.2 Å². The van der Waals surface area contributed by atoms with Crippen molar-refractivity contribution in [2.45, 2.75) is 77.7 Å². The molecule has 0 bridgehead atoms. The molecule has 1 aromatic rings. The van der Waals surface area contributed by atoms with E-state index in [1.807, 2.05) is 20.8 Å². The maximum Gasteiger partial charge on any atom is 0.407 e. The predicted molar refractivity (Wildman–Crippen MR) is 117 cm³/mol. The molecule has 0 spiro atoms. The second-order valence-corrected chi connectivity index (χ2v) is 14.7. The van der Waals surface area contributed by atoms with E-state index < -0.39 is 26.1 Å². The van der Waals surface area contributed by atoms with Gasteiger partial charge in [-0.15, -0.1) is 0 Å². The predicted octanol–water partition coefficient (Wildman–Crippen LogP) is 5.83. The molecule has 28 heavy (non-hydrogen) atoms. The van der Waals surface area contributed by atoms with Crippen LogP contribution in [0.3, 0.4) is 0 Å². The zero-order valence-electron chi connectivity index (χ0n) is 18.3. The molecule has 0 aliphatic carbocycles. The standard InChI is InChI=1S/C21H34ClNO4Si/c1-20(2,3)23-19(25)26-14-15(27-28(7,8)21(4,5)6)13-18(24)16-11-9-10-12-17(16)22/h9-12,15H,13-14H2,1-8H3,(H,23,25)/t15-/m0/s1. The quantitative estimate of drug-likeness (QED) is 0.439. The number of carbonyl (C=O) groups excluding carboxylic acids is 2. The van der Waals surface area contributed by atoms with Crippen LogP contribution in [0.2, 0.25) is 23.2 Å². The molecule has 1 atom stereocenters. The normalized spacial score (nSPS) is 13.8. The number of benzene rings is 1. The van der Waals surface area contributed by atoms with Crippen LogP contribution in [0, 0.1) is 0 Å². The van der Waals surface area contributed by atoms with Crippen LogP contribution in [-0.2, 0) is 9.16 Å². The SMILES string of the molecule is CC(C)(C)NC(=O)OC[C@H](CC(=O)c1ccccc1Cl)O[Si](C)(C)C(C)(C)C. The minimum Gasteiger partial charge on any atom is -0.447 e. The number of halogens is 1. The molecule has 7 heteroatoms. The largest absolute Gasteiger partial charge is 0.447 e. The molecule has 0 fully saturated rings. The highest BCUT2D eigenvalue weighted by atomic mass is 35.5. The first-order chi connectivity index (χ1) is 12.6. The van der Waals surface area contributed by atoms with Crippen molar-refractivity contribution < 1.29 is 18.8 Å². The van der Waals surface area contributed by atoms with Crippen LogP contribution in [0.5, 0.6) is 0 Å². The molecule has 0 saturated heterocycles. The monoisotopic (exact) mass is 427 g/mol. The Hall–Kier alpha value is -1.37. The molecule has 0 aromatic heterocycles. The number of nitrogens with one attached hydrogen (secondary N) is 1. The highest BCUT2D eigenvalue weighted by Crippen LogP contribution is 2.37. The Morgan fingerprint density at radius 2 is 1.68 bits per heavy atom. The van der Waals surface area contributed by atoms with Gasteiger partial charge in [-0.25, -0.2) is 4.79 Å². The minimum absolute atomic E-state index is 0.00458. The molecular formula is C21H34ClNO4Si. The molecule has 0 heterocycles. The summed E-state index contributed by atoms with van der Waals surface area (Å²) < 4.78 is 11.8. The molecule has 1 amide bonds. The van der Waals surface area contributed by atoms with Crippen LogP contribution in [0.15, 0.2) is 24.3 Å². The molecule has 1 rings (SSSR count). The van der Waals surface area contributed by atoms with Crippen LogP contribution >= 0.6 is 11.6 Å². The van der Waals surface area contributed by atoms with Crippen molar-refractivity contribution in [1.29, 1.82) is 0 Å². The Labute approximate surface area is 175 Å². The minimum atomic E-state index is -2.17. The molecule has 1 aromatic carbocycles. The Morgan fingerprint density at radius 3 is 2.18 bits per heavy atom. The number of ketones is 1. The summed E-state index contributed by atoms with van der Waals surface area (Å²) in [6.45, 7) is 16.2. The average Bonchev–Trinajstić information content (AvgIpc) is 2.50. The van der Waals surface area contributed by atoms with Gasteiger partial charge in [-0.3, -0.25) is 4.79 Å². The van der Waals surface area contributed by atoms with E-state index in [1.54, 1.807) is 24.3 Å². The summed E-state index contributed by atoms with van der Waals surface area (Å²) in [5, 5.41) is 3.12. The maximum atomic E-state index is 12.8. The van der Waals surface area contributed by atoms with E-state index in [-0.39, 0.29) is 23.8 Å². The Morgan fingerprint density at radius 1 is 1.11 bits per heavy atom. The fourth-order valence-corrected chi connectivity index (χ4v) is 3.82. The van der Waals surface area contributed by atoms with Gasteiger partial charge in [0.25, 0.3) is 0 Å². The Kier molecular flexibility index (Phi) is 8.29. The first kappa shape index (κ1) is 24.7. The van der Waals surface area contributed by atoms with Crippen molar-refractivity contribution in [3.8, 4) is 0 Å². The number of ether oxygens (including phenoxy) is 1. The molecule has 0 aliphatic rings. The van der Waals surface area contributed by atoms with Crippen molar-refractivity contribution in [3.05, 3.63) is 34.9 Å². The molecule has 0 radical (unpaired) electrons. The summed E-state index contributed by atoms with van der Waals surface area (Å²) >= 11 is 6.16. The Bertz CT molecular complexity index is 692. The van der Waals surface area contributed by atoms with Crippen molar-refractivity contribution in [2.24, 2.45) is 0 Å². The van der Waals surface area contributed by atoms with Crippen molar-refractivity contribution in [2.75, 3.05) is 6.61 Å². The number of hydrogen-bond donors (Lipinski definition) is 1. The van der Waals surface area contributed by atoms with Gasteiger partial charge < -0.3 is 14.5 Å². The van der Waals surface area contributed by atoms with Crippen LogP contribution in [0.25, 0.3) is 0 Å². The van der Waals surface area contributed by atoms with Crippen LogP contribution in [0.4, 0.5) is 4.79 Å². The van der Waals surface area contributed by atoms with Crippen LogP contribution < -0.4 is 5.32 Å². The lowest BCUT2D eigenvalue weighted by Gasteiger charge is -2.39. The van der Waals surface area contributed by atoms with Crippen molar-refractivity contribution in [3.63, 3.8) is 0 Å². The molecular weight excluding hydrogens is 394 g/mol. The fourth-order valence-electron chi connectivity index (χ4n) is 2.24. The van der Waals surface area contributed by atoms with Crippen molar-refractivity contribution >= 4 is 31.8 Å². The van der Waals surface area contributed by atoms with Gasteiger partial charge in [-0.2, -0.15) is 0 Å². The summed E-state index contributed by atoms with van der Waals surface area (Å²) in [7, 11) is -2.17. The number of rotatable bonds is 7. The number of carbonyl (C=O) groups is 2. The second-order valence-electron chi connectivity index (χ2n) is 9.58. The van der Waals surface area contributed by atoms with Gasteiger partial charge in [0.05, 0.1) is 11.1 Å². The van der Waals surface area contributed by atoms with E-state index in [1.165, 1.54) is 0 Å².